The third kappa shape index (κ3) is 6.36. The lowest BCUT2D eigenvalue weighted by atomic mass is 9.93. The summed E-state index contributed by atoms with van der Waals surface area (Å²) in [5, 5.41) is 10.5. The zero-order valence-electron chi connectivity index (χ0n) is 12.6. The van der Waals surface area contributed by atoms with Crippen LogP contribution in [-0.2, 0) is 10.0 Å². The molecule has 0 spiro atoms. The maximum atomic E-state index is 12.2. The number of halogens is 1. The van der Waals surface area contributed by atoms with Crippen molar-refractivity contribution in [1.29, 1.82) is 0 Å². The molecule has 0 fully saturated rings. The van der Waals surface area contributed by atoms with Crippen molar-refractivity contribution in [3.63, 3.8) is 0 Å². The van der Waals surface area contributed by atoms with Gasteiger partial charge in [0.1, 0.15) is 4.21 Å². The Bertz CT molecular complexity index is 530. The molecule has 0 amide bonds. The topological polar surface area (TPSA) is 66.4 Å². The van der Waals surface area contributed by atoms with Gasteiger partial charge in [-0.05, 0) is 40.9 Å². The van der Waals surface area contributed by atoms with Crippen molar-refractivity contribution in [2.24, 2.45) is 0 Å². The summed E-state index contributed by atoms with van der Waals surface area (Å²) < 4.78 is 27.9. The van der Waals surface area contributed by atoms with Gasteiger partial charge in [-0.25, -0.2) is 13.1 Å². The van der Waals surface area contributed by atoms with Crippen LogP contribution in [0.1, 0.15) is 52.4 Å². The van der Waals surface area contributed by atoms with Gasteiger partial charge in [0.2, 0.25) is 10.0 Å². The molecule has 0 unspecified atom stereocenters. The van der Waals surface area contributed by atoms with E-state index in [1.165, 1.54) is 0 Å². The van der Waals surface area contributed by atoms with Gasteiger partial charge in [-0.2, -0.15) is 0 Å². The number of thiophene rings is 1. The highest BCUT2D eigenvalue weighted by atomic mass is 79.9. The van der Waals surface area contributed by atoms with Crippen LogP contribution in [0.4, 0.5) is 0 Å². The van der Waals surface area contributed by atoms with E-state index in [2.05, 4.69) is 27.6 Å². The van der Waals surface area contributed by atoms with Gasteiger partial charge in [-0.1, -0.05) is 39.5 Å². The molecule has 0 saturated carbocycles. The van der Waals surface area contributed by atoms with Crippen molar-refractivity contribution >= 4 is 37.3 Å². The van der Waals surface area contributed by atoms with Crippen molar-refractivity contribution in [3.05, 3.63) is 15.9 Å². The van der Waals surface area contributed by atoms with Gasteiger partial charge in [0, 0.05) is 6.54 Å². The second-order valence-corrected chi connectivity index (χ2v) is 9.73. The Balaban J connectivity index is 2.57. The number of rotatable bonds is 10. The van der Waals surface area contributed by atoms with E-state index >= 15 is 0 Å². The summed E-state index contributed by atoms with van der Waals surface area (Å²) in [6.07, 6.45) is 5.45. The molecule has 1 aromatic heterocycles. The molecule has 122 valence electrons. The van der Waals surface area contributed by atoms with Crippen LogP contribution >= 0.6 is 27.3 Å². The maximum Gasteiger partial charge on any atom is 0.250 e. The summed E-state index contributed by atoms with van der Waals surface area (Å²) in [5.74, 6) is 0. The Morgan fingerprint density at radius 2 is 2.00 bits per heavy atom. The summed E-state index contributed by atoms with van der Waals surface area (Å²) >= 11 is 4.42. The summed E-state index contributed by atoms with van der Waals surface area (Å²) in [7, 11) is -3.54. The zero-order chi connectivity index (χ0) is 15.9. The Labute approximate surface area is 140 Å². The molecule has 1 heterocycles. The van der Waals surface area contributed by atoms with Gasteiger partial charge in [-0.3, -0.25) is 0 Å². The highest BCUT2D eigenvalue weighted by Gasteiger charge is 2.27. The van der Waals surface area contributed by atoms with Crippen LogP contribution in [0.15, 0.2) is 20.1 Å². The highest BCUT2D eigenvalue weighted by Crippen LogP contribution is 2.26. The molecule has 1 atom stereocenters. The fourth-order valence-electron chi connectivity index (χ4n) is 2.01. The van der Waals surface area contributed by atoms with Crippen molar-refractivity contribution in [1.82, 2.24) is 4.72 Å². The second-order valence-electron chi connectivity index (χ2n) is 5.27. The van der Waals surface area contributed by atoms with Crippen LogP contribution in [0, 0.1) is 0 Å². The van der Waals surface area contributed by atoms with Gasteiger partial charge in [-0.15, -0.1) is 11.3 Å². The van der Waals surface area contributed by atoms with E-state index in [9.17, 15) is 13.5 Å². The summed E-state index contributed by atoms with van der Waals surface area (Å²) in [5.41, 5.74) is -0.963. The number of hydrogen-bond donors (Lipinski definition) is 2. The van der Waals surface area contributed by atoms with E-state index in [4.69, 9.17) is 0 Å². The van der Waals surface area contributed by atoms with Gasteiger partial charge in [0.05, 0.1) is 9.39 Å². The molecule has 0 aliphatic heterocycles. The molecular formula is C14H24BrNO3S2. The standard InChI is InChI=1S/C14H24BrNO3S2/c1-3-5-6-7-10-14(17,4-2)11-16-21(18,19)13-9-8-12(15)20-13/h8-9,16-17H,3-7,10-11H2,1-2H3/t14-/m0/s1. The van der Waals surface area contributed by atoms with Gasteiger partial charge >= 0.3 is 0 Å². The molecule has 7 heteroatoms. The van der Waals surface area contributed by atoms with E-state index in [0.717, 1.165) is 40.8 Å². The fraction of sp³-hybridized carbons (Fsp3) is 0.714. The Kier molecular flexibility index (Phi) is 7.84. The Hall–Kier alpha value is 0.0500. The maximum absolute atomic E-state index is 12.2. The van der Waals surface area contributed by atoms with Crippen LogP contribution in [0.3, 0.4) is 0 Å². The molecule has 1 aromatic rings. The molecule has 0 saturated heterocycles. The summed E-state index contributed by atoms with van der Waals surface area (Å²) in [6.45, 7) is 4.09. The number of nitrogens with one attached hydrogen (secondary N) is 1. The lowest BCUT2D eigenvalue weighted by molar-refractivity contribution is 0.0302. The third-order valence-corrected chi connectivity index (χ3v) is 7.08. The lowest BCUT2D eigenvalue weighted by Gasteiger charge is -2.27. The smallest absolute Gasteiger partial charge is 0.250 e. The third-order valence-electron chi connectivity index (χ3n) is 3.56. The van der Waals surface area contributed by atoms with Crippen molar-refractivity contribution < 1.29 is 13.5 Å². The van der Waals surface area contributed by atoms with Crippen LogP contribution in [0.5, 0.6) is 0 Å². The van der Waals surface area contributed by atoms with Gasteiger partial charge < -0.3 is 5.11 Å². The average molecular weight is 398 g/mol. The van der Waals surface area contributed by atoms with Crippen LogP contribution in [0.2, 0.25) is 0 Å². The first-order valence-corrected chi connectivity index (χ1v) is 10.4. The predicted molar refractivity (Wildman–Crippen MR) is 91.2 cm³/mol. The normalized spacial score (nSPS) is 15.0. The number of aliphatic hydroxyl groups is 1. The first kappa shape index (κ1) is 19.1. The monoisotopic (exact) mass is 397 g/mol. The van der Waals surface area contributed by atoms with E-state index in [0.29, 0.717) is 12.8 Å². The van der Waals surface area contributed by atoms with E-state index in [1.54, 1.807) is 12.1 Å². The summed E-state index contributed by atoms with van der Waals surface area (Å²) in [4.78, 5) is 0. The molecule has 4 nitrogen and oxygen atoms in total. The molecule has 0 aromatic carbocycles. The van der Waals surface area contributed by atoms with E-state index in [-0.39, 0.29) is 10.8 Å². The minimum absolute atomic E-state index is 0.0630. The summed E-state index contributed by atoms with van der Waals surface area (Å²) in [6, 6.07) is 3.26. The van der Waals surface area contributed by atoms with E-state index in [1.807, 2.05) is 6.92 Å². The van der Waals surface area contributed by atoms with E-state index < -0.39 is 15.6 Å². The molecule has 1 rings (SSSR count). The Morgan fingerprint density at radius 3 is 2.52 bits per heavy atom. The van der Waals surface area contributed by atoms with Crippen molar-refractivity contribution in [2.45, 2.75) is 62.2 Å². The molecule has 21 heavy (non-hydrogen) atoms. The first-order chi connectivity index (χ1) is 9.83. The largest absolute Gasteiger partial charge is 0.389 e. The molecule has 0 aliphatic rings. The first-order valence-electron chi connectivity index (χ1n) is 7.30. The lowest BCUT2D eigenvalue weighted by Crippen LogP contribution is -2.42. The zero-order valence-corrected chi connectivity index (χ0v) is 15.8. The second kappa shape index (κ2) is 8.62. The van der Waals surface area contributed by atoms with Crippen molar-refractivity contribution in [2.75, 3.05) is 6.54 Å². The predicted octanol–water partition coefficient (Wildman–Crippen LogP) is 3.90. The molecule has 0 bridgehead atoms. The van der Waals surface area contributed by atoms with Crippen LogP contribution in [0.25, 0.3) is 0 Å². The number of unbranched alkanes of at least 4 members (excludes halogenated alkanes) is 3. The van der Waals surface area contributed by atoms with Crippen LogP contribution in [-0.4, -0.2) is 25.7 Å². The molecular weight excluding hydrogens is 374 g/mol. The number of hydrogen-bond acceptors (Lipinski definition) is 4. The molecule has 0 radical (unpaired) electrons. The van der Waals surface area contributed by atoms with Gasteiger partial charge in [0.25, 0.3) is 0 Å². The van der Waals surface area contributed by atoms with Crippen LogP contribution < -0.4 is 4.72 Å². The quantitative estimate of drug-likeness (QED) is 0.588. The van der Waals surface area contributed by atoms with Crippen molar-refractivity contribution in [3.8, 4) is 0 Å². The minimum atomic E-state index is -3.54. The average Bonchev–Trinajstić information content (AvgIpc) is 2.89. The molecule has 2 N–H and O–H groups in total. The molecule has 0 aliphatic carbocycles. The van der Waals surface area contributed by atoms with Gasteiger partial charge in [0.15, 0.2) is 0 Å². The minimum Gasteiger partial charge on any atom is -0.389 e. The highest BCUT2D eigenvalue weighted by molar-refractivity contribution is 9.11. The fourth-order valence-corrected chi connectivity index (χ4v) is 5.19. The SMILES string of the molecule is CCCCCC[C@@](O)(CC)CNS(=O)(=O)c1ccc(Br)s1. The Morgan fingerprint density at radius 1 is 1.29 bits per heavy atom. The number of sulfonamides is 1.